The van der Waals surface area contributed by atoms with Crippen molar-refractivity contribution in [1.29, 1.82) is 0 Å². The van der Waals surface area contributed by atoms with Crippen LogP contribution in [-0.2, 0) is 18.4 Å². The Hall–Kier alpha value is -3.13. The number of hydrogen-bond donors (Lipinski definition) is 1. The number of pyridine rings is 1. The van der Waals surface area contributed by atoms with Crippen molar-refractivity contribution in [3.05, 3.63) is 61.4 Å². The van der Waals surface area contributed by atoms with Gasteiger partial charge < -0.3 is 10.1 Å². The van der Waals surface area contributed by atoms with Crippen molar-refractivity contribution in [2.45, 2.75) is 20.4 Å². The number of nitrogens with zero attached hydrogens (tertiary/aromatic N) is 3. The van der Waals surface area contributed by atoms with Crippen molar-refractivity contribution in [2.24, 2.45) is 7.05 Å². The Morgan fingerprint density at radius 3 is 2.64 bits per heavy atom. The molecule has 1 aromatic carbocycles. The van der Waals surface area contributed by atoms with Crippen molar-refractivity contribution in [1.82, 2.24) is 14.1 Å². The Morgan fingerprint density at radius 1 is 1.25 bits per heavy atom. The monoisotopic (exact) mass is 402 g/mol. The molecule has 0 aliphatic heterocycles. The van der Waals surface area contributed by atoms with Crippen LogP contribution in [0.4, 0.5) is 5.69 Å². The third kappa shape index (κ3) is 3.50. The number of aryl methyl sites for hydroxylation is 3. The van der Waals surface area contributed by atoms with Crippen molar-refractivity contribution in [2.75, 3.05) is 12.4 Å². The highest BCUT2D eigenvalue weighted by Crippen LogP contribution is 2.27. The maximum absolute atomic E-state index is 12.9. The Balaban J connectivity index is 2.04. The van der Waals surface area contributed by atoms with Crippen LogP contribution in [0.15, 0.2) is 33.9 Å². The van der Waals surface area contributed by atoms with E-state index in [9.17, 15) is 14.4 Å². The molecule has 3 aromatic rings. The van der Waals surface area contributed by atoms with Gasteiger partial charge >= 0.3 is 5.69 Å². The van der Waals surface area contributed by atoms with Gasteiger partial charge in [0, 0.05) is 17.8 Å². The molecule has 2 heterocycles. The molecule has 8 nitrogen and oxygen atoms in total. The molecule has 0 saturated carbocycles. The first-order chi connectivity index (χ1) is 13.2. The van der Waals surface area contributed by atoms with Gasteiger partial charge in [0.1, 0.15) is 17.9 Å². The maximum atomic E-state index is 12.9. The van der Waals surface area contributed by atoms with Gasteiger partial charge in [0.15, 0.2) is 0 Å². The molecule has 28 heavy (non-hydrogen) atoms. The largest absolute Gasteiger partial charge is 0.495 e. The lowest BCUT2D eigenvalue weighted by Gasteiger charge is -2.13. The first-order valence-corrected chi connectivity index (χ1v) is 8.82. The van der Waals surface area contributed by atoms with Gasteiger partial charge in [-0.3, -0.25) is 18.7 Å². The Morgan fingerprint density at radius 2 is 1.96 bits per heavy atom. The normalized spacial score (nSPS) is 10.9. The third-order valence-electron chi connectivity index (χ3n) is 4.36. The minimum atomic E-state index is -0.622. The summed E-state index contributed by atoms with van der Waals surface area (Å²) in [5.74, 6) is -0.149. The molecule has 146 valence electrons. The summed E-state index contributed by atoms with van der Waals surface area (Å²) in [4.78, 5) is 42.3. The van der Waals surface area contributed by atoms with Crippen LogP contribution in [0.25, 0.3) is 11.0 Å². The van der Waals surface area contributed by atoms with Crippen LogP contribution in [0.3, 0.4) is 0 Å². The third-order valence-corrected chi connectivity index (χ3v) is 4.59. The lowest BCUT2D eigenvalue weighted by molar-refractivity contribution is -0.116. The van der Waals surface area contributed by atoms with Crippen molar-refractivity contribution >= 4 is 34.2 Å². The molecule has 0 spiro atoms. The van der Waals surface area contributed by atoms with Crippen LogP contribution >= 0.6 is 11.6 Å². The second-order valence-corrected chi connectivity index (χ2v) is 6.84. The zero-order chi connectivity index (χ0) is 20.6. The number of methoxy groups -OCH3 is 1. The topological polar surface area (TPSA) is 95.2 Å². The molecule has 3 rings (SSSR count). The summed E-state index contributed by atoms with van der Waals surface area (Å²) in [6, 6.07) is 6.51. The van der Waals surface area contributed by atoms with E-state index in [2.05, 4.69) is 10.3 Å². The highest BCUT2D eigenvalue weighted by Gasteiger charge is 2.17. The number of benzene rings is 1. The molecule has 0 aliphatic rings. The fourth-order valence-electron chi connectivity index (χ4n) is 3.07. The number of carbonyl (C=O) groups is 1. The molecule has 0 fully saturated rings. The summed E-state index contributed by atoms with van der Waals surface area (Å²) in [5, 5.41) is 3.34. The standard InChI is InChI=1S/C19H19ClN4O4/c1-10-7-11(2)21-17-16(10)18(26)24(19(27)23(17)3)9-15(25)22-13-8-12(20)5-6-14(13)28-4/h5-8H,9H2,1-4H3,(H,22,25). The number of halogens is 1. The average molecular weight is 403 g/mol. The van der Waals surface area contributed by atoms with E-state index in [4.69, 9.17) is 16.3 Å². The number of hydrogen-bond acceptors (Lipinski definition) is 5. The highest BCUT2D eigenvalue weighted by molar-refractivity contribution is 6.31. The Labute approximate surface area is 165 Å². The zero-order valence-electron chi connectivity index (χ0n) is 15.9. The number of fused-ring (bicyclic) bond motifs is 1. The minimum Gasteiger partial charge on any atom is -0.495 e. The van der Waals surface area contributed by atoms with Crippen LogP contribution in [0, 0.1) is 13.8 Å². The van der Waals surface area contributed by atoms with Gasteiger partial charge in [0.25, 0.3) is 5.56 Å². The van der Waals surface area contributed by atoms with E-state index in [1.807, 2.05) is 0 Å². The zero-order valence-corrected chi connectivity index (χ0v) is 16.6. The van der Waals surface area contributed by atoms with Crippen LogP contribution < -0.4 is 21.3 Å². The van der Waals surface area contributed by atoms with E-state index in [0.717, 1.165) is 4.57 Å². The van der Waals surface area contributed by atoms with E-state index in [1.54, 1.807) is 32.0 Å². The smallest absolute Gasteiger partial charge is 0.332 e. The average Bonchev–Trinajstić information content (AvgIpc) is 2.63. The number of rotatable bonds is 4. The molecular weight excluding hydrogens is 384 g/mol. The fourth-order valence-corrected chi connectivity index (χ4v) is 3.24. The molecule has 9 heteroatoms. The summed E-state index contributed by atoms with van der Waals surface area (Å²) in [7, 11) is 2.98. The van der Waals surface area contributed by atoms with Gasteiger partial charge in [-0.15, -0.1) is 0 Å². The molecule has 0 saturated heterocycles. The minimum absolute atomic E-state index is 0.292. The quantitative estimate of drug-likeness (QED) is 0.720. The Kier molecular flexibility index (Phi) is 5.24. The first-order valence-electron chi connectivity index (χ1n) is 8.44. The van der Waals surface area contributed by atoms with Crippen molar-refractivity contribution in [3.63, 3.8) is 0 Å². The maximum Gasteiger partial charge on any atom is 0.332 e. The number of ether oxygens (including phenoxy) is 1. The van der Waals surface area contributed by atoms with E-state index < -0.39 is 23.7 Å². The molecule has 1 N–H and O–H groups in total. The van der Waals surface area contributed by atoms with Crippen molar-refractivity contribution < 1.29 is 9.53 Å². The fraction of sp³-hybridized carbons (Fsp3) is 0.263. The van der Waals surface area contributed by atoms with Gasteiger partial charge in [-0.2, -0.15) is 0 Å². The molecule has 2 aromatic heterocycles. The summed E-state index contributed by atoms with van der Waals surface area (Å²) in [5.41, 5.74) is 0.844. The summed E-state index contributed by atoms with van der Waals surface area (Å²) < 4.78 is 7.34. The molecule has 0 atom stereocenters. The highest BCUT2D eigenvalue weighted by atomic mass is 35.5. The molecule has 0 bridgehead atoms. The van der Waals surface area contributed by atoms with E-state index >= 15 is 0 Å². The number of amides is 1. The Bertz CT molecular complexity index is 1210. The molecule has 1 amide bonds. The molecule has 0 aliphatic carbocycles. The predicted octanol–water partition coefficient (Wildman–Crippen LogP) is 2.01. The lowest BCUT2D eigenvalue weighted by atomic mass is 10.2. The van der Waals surface area contributed by atoms with Crippen LogP contribution in [0.2, 0.25) is 5.02 Å². The van der Waals surface area contributed by atoms with Gasteiger partial charge in [0.2, 0.25) is 5.91 Å². The van der Waals surface area contributed by atoms with Gasteiger partial charge in [0.05, 0.1) is 18.2 Å². The van der Waals surface area contributed by atoms with Gasteiger partial charge in [-0.05, 0) is 43.7 Å². The van der Waals surface area contributed by atoms with E-state index in [-0.39, 0.29) is 0 Å². The summed E-state index contributed by atoms with van der Waals surface area (Å²) in [6.07, 6.45) is 0. The number of nitrogens with one attached hydrogen (secondary N) is 1. The predicted molar refractivity (Wildman–Crippen MR) is 107 cm³/mol. The summed E-state index contributed by atoms with van der Waals surface area (Å²) >= 11 is 5.96. The number of anilines is 1. The first kappa shape index (κ1) is 19.6. The van der Waals surface area contributed by atoms with Gasteiger partial charge in [-0.1, -0.05) is 11.6 Å². The molecular formula is C19H19ClN4O4. The van der Waals surface area contributed by atoms with Crippen LogP contribution in [0.5, 0.6) is 5.75 Å². The van der Waals surface area contributed by atoms with Crippen molar-refractivity contribution in [3.8, 4) is 5.75 Å². The SMILES string of the molecule is COc1ccc(Cl)cc1NC(=O)Cn1c(=O)c2c(C)cc(C)nc2n(C)c1=O. The van der Waals surface area contributed by atoms with E-state index in [0.29, 0.717) is 38.8 Å². The van der Waals surface area contributed by atoms with Crippen LogP contribution in [-0.4, -0.2) is 27.1 Å². The second-order valence-electron chi connectivity index (χ2n) is 6.40. The molecule has 0 radical (unpaired) electrons. The molecule has 0 unspecified atom stereocenters. The number of carbonyl (C=O) groups excluding carboxylic acids is 1. The number of aromatic nitrogens is 3. The summed E-state index contributed by atoms with van der Waals surface area (Å²) in [6.45, 7) is 3.10. The van der Waals surface area contributed by atoms with E-state index in [1.165, 1.54) is 24.8 Å². The lowest BCUT2D eigenvalue weighted by Crippen LogP contribution is -2.42. The second kappa shape index (κ2) is 7.47. The van der Waals surface area contributed by atoms with Gasteiger partial charge in [-0.25, -0.2) is 9.78 Å². The van der Waals surface area contributed by atoms with Crippen LogP contribution in [0.1, 0.15) is 11.3 Å².